The van der Waals surface area contributed by atoms with Gasteiger partial charge < -0.3 is 20.3 Å². The highest BCUT2D eigenvalue weighted by atomic mass is 16.5. The second kappa shape index (κ2) is 74.5. The maximum atomic E-state index is 12.5. The predicted molar refractivity (Wildman–Crippen MR) is 375 cm³/mol. The Bertz CT molecular complexity index is 1380. The summed E-state index contributed by atoms with van der Waals surface area (Å²) in [6, 6.07) is -0.539. The highest BCUT2D eigenvalue weighted by Gasteiger charge is 2.20. The molecule has 6 heteroatoms. The first-order valence-electron chi connectivity index (χ1n) is 38.7. The molecule has 0 aromatic heterocycles. The van der Waals surface area contributed by atoms with Gasteiger partial charge in [-0.2, -0.15) is 0 Å². The summed E-state index contributed by atoms with van der Waals surface area (Å²) >= 11 is 0. The SMILES string of the molecule is CCCCC/C=C\CCCCCCCC(=O)OCCCCCCCCCCCCCCCCC/C=C\C/C=C\CCCCCCCCCCCCCCCCCCCC(=O)NC(CO)C(O)CCCCCCCCCCCCCCCCCCC. The van der Waals surface area contributed by atoms with Gasteiger partial charge in [-0.1, -0.05) is 371 Å². The van der Waals surface area contributed by atoms with Gasteiger partial charge in [0.2, 0.25) is 5.91 Å². The number of carbonyl (C=O) groups is 2. The zero-order valence-electron chi connectivity index (χ0n) is 57.6. The number of aliphatic hydroxyl groups is 2. The third kappa shape index (κ3) is 71.0. The van der Waals surface area contributed by atoms with Crippen molar-refractivity contribution in [3.8, 4) is 0 Å². The molecule has 0 aromatic carbocycles. The average molecular weight is 1200 g/mol. The minimum absolute atomic E-state index is 0.0106. The molecule has 0 spiro atoms. The summed E-state index contributed by atoms with van der Waals surface area (Å²) in [4.78, 5) is 24.6. The van der Waals surface area contributed by atoms with E-state index in [2.05, 4.69) is 55.6 Å². The molecule has 0 aromatic rings. The van der Waals surface area contributed by atoms with Crippen LogP contribution in [0.4, 0.5) is 0 Å². The number of aliphatic hydroxyl groups excluding tert-OH is 2. The van der Waals surface area contributed by atoms with Gasteiger partial charge in [-0.15, -0.1) is 0 Å². The molecule has 0 rings (SSSR count). The van der Waals surface area contributed by atoms with E-state index in [4.69, 9.17) is 4.74 Å². The Kier molecular flexibility index (Phi) is 72.9. The molecule has 0 aliphatic heterocycles. The minimum Gasteiger partial charge on any atom is -0.466 e. The zero-order chi connectivity index (χ0) is 61.3. The molecule has 1 amide bonds. The fraction of sp³-hybridized carbons (Fsp3) is 0.899. The zero-order valence-corrected chi connectivity index (χ0v) is 57.6. The lowest BCUT2D eigenvalue weighted by atomic mass is 10.0. The lowest BCUT2D eigenvalue weighted by Crippen LogP contribution is -2.45. The molecule has 6 nitrogen and oxygen atoms in total. The first-order chi connectivity index (χ1) is 42.0. The third-order valence-electron chi connectivity index (χ3n) is 18.2. The van der Waals surface area contributed by atoms with Gasteiger partial charge >= 0.3 is 5.97 Å². The van der Waals surface area contributed by atoms with Crippen LogP contribution in [0.5, 0.6) is 0 Å². The molecule has 0 fully saturated rings. The fourth-order valence-corrected chi connectivity index (χ4v) is 12.3. The summed E-state index contributed by atoms with van der Waals surface area (Å²) in [6.07, 6.45) is 96.7. The van der Waals surface area contributed by atoms with Crippen molar-refractivity contribution in [1.29, 1.82) is 0 Å². The van der Waals surface area contributed by atoms with E-state index in [1.54, 1.807) is 0 Å². The highest BCUT2D eigenvalue weighted by Crippen LogP contribution is 2.19. The van der Waals surface area contributed by atoms with E-state index >= 15 is 0 Å². The Morgan fingerprint density at radius 1 is 0.329 bits per heavy atom. The summed E-state index contributed by atoms with van der Waals surface area (Å²) in [5, 5.41) is 23.4. The van der Waals surface area contributed by atoms with E-state index in [1.165, 1.54) is 347 Å². The van der Waals surface area contributed by atoms with Gasteiger partial charge in [0.1, 0.15) is 0 Å². The predicted octanol–water partition coefficient (Wildman–Crippen LogP) is 25.4. The van der Waals surface area contributed by atoms with Gasteiger partial charge in [-0.25, -0.2) is 0 Å². The lowest BCUT2D eigenvalue weighted by Gasteiger charge is -2.22. The second-order valence-corrected chi connectivity index (χ2v) is 26.7. The molecule has 2 unspecified atom stereocenters. The van der Waals surface area contributed by atoms with Crippen molar-refractivity contribution in [2.45, 2.75) is 443 Å². The van der Waals surface area contributed by atoms with E-state index in [-0.39, 0.29) is 18.5 Å². The Labute approximate surface area is 532 Å². The van der Waals surface area contributed by atoms with Gasteiger partial charge in [0.05, 0.1) is 25.4 Å². The van der Waals surface area contributed by atoms with Crippen LogP contribution in [-0.2, 0) is 14.3 Å². The molecule has 3 N–H and O–H groups in total. The Hall–Kier alpha value is -1.92. The summed E-state index contributed by atoms with van der Waals surface area (Å²) in [5.41, 5.74) is 0. The van der Waals surface area contributed by atoms with Crippen molar-refractivity contribution in [2.75, 3.05) is 13.2 Å². The average Bonchev–Trinajstić information content (AvgIpc) is 3.51. The van der Waals surface area contributed by atoms with Crippen LogP contribution in [-0.4, -0.2) is 47.4 Å². The number of hydrogen-bond acceptors (Lipinski definition) is 5. The van der Waals surface area contributed by atoms with Crippen molar-refractivity contribution < 1.29 is 24.5 Å². The van der Waals surface area contributed by atoms with Crippen LogP contribution in [0.15, 0.2) is 36.5 Å². The molecule has 0 aliphatic carbocycles. The maximum absolute atomic E-state index is 12.5. The Balaban J connectivity index is 3.35. The molecular formula is C79H151NO5. The van der Waals surface area contributed by atoms with Gasteiger partial charge in [0.15, 0.2) is 0 Å². The van der Waals surface area contributed by atoms with Crippen molar-refractivity contribution >= 4 is 11.9 Å². The van der Waals surface area contributed by atoms with Gasteiger partial charge in [0.25, 0.3) is 0 Å². The van der Waals surface area contributed by atoms with E-state index < -0.39 is 12.1 Å². The molecule has 85 heavy (non-hydrogen) atoms. The largest absolute Gasteiger partial charge is 0.466 e. The number of nitrogens with one attached hydrogen (secondary N) is 1. The van der Waals surface area contributed by atoms with Crippen molar-refractivity contribution in [2.24, 2.45) is 0 Å². The Morgan fingerprint density at radius 3 is 0.929 bits per heavy atom. The minimum atomic E-state index is -0.662. The normalized spacial score (nSPS) is 12.7. The number of carbonyl (C=O) groups excluding carboxylic acids is 2. The lowest BCUT2D eigenvalue weighted by molar-refractivity contribution is -0.143. The molecule has 0 saturated carbocycles. The number of unbranched alkanes of at least 4 members (excludes halogenated alkanes) is 56. The van der Waals surface area contributed by atoms with Crippen LogP contribution in [0, 0.1) is 0 Å². The van der Waals surface area contributed by atoms with Gasteiger partial charge in [0, 0.05) is 12.8 Å². The van der Waals surface area contributed by atoms with Crippen molar-refractivity contribution in [3.63, 3.8) is 0 Å². The molecule has 0 saturated heterocycles. The number of amides is 1. The fourth-order valence-electron chi connectivity index (χ4n) is 12.3. The van der Waals surface area contributed by atoms with Crippen LogP contribution >= 0.6 is 0 Å². The number of allylic oxidation sites excluding steroid dienone is 6. The topological polar surface area (TPSA) is 95.9 Å². The molecule has 0 heterocycles. The number of rotatable bonds is 73. The van der Waals surface area contributed by atoms with E-state index in [1.807, 2.05) is 0 Å². The van der Waals surface area contributed by atoms with Crippen LogP contribution in [0.25, 0.3) is 0 Å². The first-order valence-corrected chi connectivity index (χ1v) is 38.7. The number of ether oxygens (including phenoxy) is 1. The maximum Gasteiger partial charge on any atom is 0.305 e. The van der Waals surface area contributed by atoms with Crippen LogP contribution in [0.1, 0.15) is 431 Å². The second-order valence-electron chi connectivity index (χ2n) is 26.7. The monoisotopic (exact) mass is 1190 g/mol. The van der Waals surface area contributed by atoms with Crippen molar-refractivity contribution in [3.05, 3.63) is 36.5 Å². The van der Waals surface area contributed by atoms with Crippen molar-refractivity contribution in [1.82, 2.24) is 5.32 Å². The number of hydrogen-bond donors (Lipinski definition) is 3. The van der Waals surface area contributed by atoms with Gasteiger partial charge in [-0.05, 0) is 83.5 Å². The highest BCUT2D eigenvalue weighted by molar-refractivity contribution is 5.76. The number of esters is 1. The first kappa shape index (κ1) is 83.1. The van der Waals surface area contributed by atoms with Crippen LogP contribution in [0.3, 0.4) is 0 Å². The van der Waals surface area contributed by atoms with Gasteiger partial charge in [-0.3, -0.25) is 9.59 Å². The summed E-state index contributed by atoms with van der Waals surface area (Å²) in [6.45, 7) is 4.97. The molecular weight excluding hydrogens is 1040 g/mol. The quantitative estimate of drug-likeness (QED) is 0.0320. The molecule has 0 radical (unpaired) electrons. The van der Waals surface area contributed by atoms with E-state index in [0.29, 0.717) is 25.9 Å². The van der Waals surface area contributed by atoms with Crippen LogP contribution < -0.4 is 5.32 Å². The molecule has 502 valence electrons. The summed E-state index contributed by atoms with van der Waals surface area (Å²) < 4.78 is 5.48. The molecule has 0 bridgehead atoms. The Morgan fingerprint density at radius 2 is 0.588 bits per heavy atom. The standard InChI is InChI=1S/C79H151NO5/c1-3-5-7-9-11-13-15-17-18-42-45-48-51-55-59-63-67-71-77(82)76(75-81)80-78(83)72-68-64-60-56-52-49-46-43-40-38-36-34-32-30-28-26-24-22-20-19-21-23-25-27-29-31-33-35-37-39-41-44-47-50-54-58-62-66-70-74-85-79(84)73-69-65-61-57-53-16-14-12-10-8-6-4-2/h12,14,19-20,23,25,76-77,81-82H,3-11,13,15-18,21-22,24,26-75H2,1-2H3,(H,80,83)/b14-12-,20-19-,25-23-. The van der Waals surface area contributed by atoms with E-state index in [9.17, 15) is 19.8 Å². The van der Waals surface area contributed by atoms with E-state index in [0.717, 1.165) is 51.4 Å². The molecule has 2 atom stereocenters. The summed E-state index contributed by atoms with van der Waals surface area (Å²) in [7, 11) is 0. The smallest absolute Gasteiger partial charge is 0.305 e. The van der Waals surface area contributed by atoms with Crippen LogP contribution in [0.2, 0.25) is 0 Å². The summed E-state index contributed by atoms with van der Waals surface area (Å²) in [5.74, 6) is -0.0174. The molecule has 0 aliphatic rings. The third-order valence-corrected chi connectivity index (χ3v) is 18.2.